The van der Waals surface area contributed by atoms with Gasteiger partial charge in [-0.1, -0.05) is 18.2 Å². The molecule has 2 aromatic rings. The number of anilines is 1. The number of nitrogens with two attached hydrogens (primary N) is 1. The van der Waals surface area contributed by atoms with Gasteiger partial charge in [0.2, 0.25) is 0 Å². The first kappa shape index (κ1) is 11.5. The van der Waals surface area contributed by atoms with E-state index in [1.54, 1.807) is 12.1 Å². The number of aryl methyl sites for hydroxylation is 2. The SMILES string of the molecule is Nc1nc(Br)c(CCc2ccccc2F)s1. The molecule has 1 aromatic heterocycles. The topological polar surface area (TPSA) is 38.9 Å². The molecule has 2 N–H and O–H groups in total. The molecule has 0 saturated carbocycles. The first-order chi connectivity index (χ1) is 7.66. The zero-order valence-corrected chi connectivity index (χ0v) is 10.8. The first-order valence-corrected chi connectivity index (χ1v) is 6.42. The molecular weight excluding hydrogens is 291 g/mol. The standard InChI is InChI=1S/C11H10BrFN2S/c12-10-9(16-11(14)15-10)6-5-7-3-1-2-4-8(7)13/h1-4H,5-6H2,(H2,14,15). The van der Waals surface area contributed by atoms with Gasteiger partial charge in [0.25, 0.3) is 0 Å². The summed E-state index contributed by atoms with van der Waals surface area (Å²) in [5, 5.41) is 0.537. The van der Waals surface area contributed by atoms with Crippen LogP contribution >= 0.6 is 27.3 Å². The van der Waals surface area contributed by atoms with E-state index in [0.29, 0.717) is 11.6 Å². The molecule has 0 fully saturated rings. The average molecular weight is 301 g/mol. The Balaban J connectivity index is 2.08. The minimum atomic E-state index is -0.156. The van der Waals surface area contributed by atoms with E-state index in [1.807, 2.05) is 6.07 Å². The van der Waals surface area contributed by atoms with E-state index in [-0.39, 0.29) is 5.82 Å². The van der Waals surface area contributed by atoms with Crippen LogP contribution in [0, 0.1) is 5.82 Å². The fourth-order valence-electron chi connectivity index (χ4n) is 1.45. The Kier molecular flexibility index (Phi) is 3.56. The number of hydrogen-bond acceptors (Lipinski definition) is 3. The highest BCUT2D eigenvalue weighted by Crippen LogP contribution is 2.26. The lowest BCUT2D eigenvalue weighted by molar-refractivity contribution is 0.609. The summed E-state index contributed by atoms with van der Waals surface area (Å²) in [4.78, 5) is 5.12. The lowest BCUT2D eigenvalue weighted by Gasteiger charge is -2.01. The summed E-state index contributed by atoms with van der Waals surface area (Å²) in [5.41, 5.74) is 6.31. The third kappa shape index (κ3) is 2.59. The van der Waals surface area contributed by atoms with Crippen molar-refractivity contribution in [2.75, 3.05) is 5.73 Å². The summed E-state index contributed by atoms with van der Waals surface area (Å²) in [7, 11) is 0. The van der Waals surface area contributed by atoms with Gasteiger partial charge in [0, 0.05) is 4.88 Å². The van der Waals surface area contributed by atoms with Crippen LogP contribution in [0.1, 0.15) is 10.4 Å². The molecule has 0 atom stereocenters. The Hall–Kier alpha value is -0.940. The largest absolute Gasteiger partial charge is 0.375 e. The highest BCUT2D eigenvalue weighted by molar-refractivity contribution is 9.10. The quantitative estimate of drug-likeness (QED) is 0.943. The Bertz CT molecular complexity index is 498. The summed E-state index contributed by atoms with van der Waals surface area (Å²) in [6, 6.07) is 6.81. The van der Waals surface area contributed by atoms with E-state index in [2.05, 4.69) is 20.9 Å². The van der Waals surface area contributed by atoms with E-state index in [9.17, 15) is 4.39 Å². The van der Waals surface area contributed by atoms with Crippen LogP contribution in [-0.2, 0) is 12.8 Å². The lowest BCUT2D eigenvalue weighted by atomic mass is 10.1. The van der Waals surface area contributed by atoms with Crippen LogP contribution in [0.15, 0.2) is 28.9 Å². The minimum Gasteiger partial charge on any atom is -0.375 e. The molecule has 0 amide bonds. The fraction of sp³-hybridized carbons (Fsp3) is 0.182. The molecule has 2 nitrogen and oxygen atoms in total. The van der Waals surface area contributed by atoms with E-state index in [0.717, 1.165) is 21.5 Å². The molecule has 1 heterocycles. The molecule has 2 rings (SSSR count). The Labute approximate surface area is 105 Å². The summed E-state index contributed by atoms with van der Waals surface area (Å²) >= 11 is 4.77. The average Bonchev–Trinajstić information content (AvgIpc) is 2.56. The normalized spacial score (nSPS) is 10.6. The van der Waals surface area contributed by atoms with Crippen LogP contribution in [0.2, 0.25) is 0 Å². The van der Waals surface area contributed by atoms with Crippen LogP contribution in [0.3, 0.4) is 0 Å². The van der Waals surface area contributed by atoms with Crippen molar-refractivity contribution in [3.8, 4) is 0 Å². The van der Waals surface area contributed by atoms with Gasteiger partial charge in [-0.25, -0.2) is 9.37 Å². The predicted molar refractivity (Wildman–Crippen MR) is 68.0 cm³/mol. The number of benzene rings is 1. The maximum Gasteiger partial charge on any atom is 0.181 e. The van der Waals surface area contributed by atoms with Gasteiger partial charge < -0.3 is 5.73 Å². The zero-order chi connectivity index (χ0) is 11.5. The van der Waals surface area contributed by atoms with Crippen LogP contribution in [0.4, 0.5) is 9.52 Å². The van der Waals surface area contributed by atoms with E-state index >= 15 is 0 Å². The molecule has 0 aliphatic heterocycles. The number of nitrogen functional groups attached to an aromatic ring is 1. The number of aromatic nitrogens is 1. The Morgan fingerprint density at radius 2 is 2.06 bits per heavy atom. The van der Waals surface area contributed by atoms with Crippen LogP contribution in [-0.4, -0.2) is 4.98 Å². The number of hydrogen-bond donors (Lipinski definition) is 1. The molecule has 0 radical (unpaired) electrons. The van der Waals surface area contributed by atoms with Crippen LogP contribution in [0.5, 0.6) is 0 Å². The second kappa shape index (κ2) is 4.93. The predicted octanol–water partition coefficient (Wildman–Crippen LogP) is 3.41. The maximum absolute atomic E-state index is 13.3. The summed E-state index contributed by atoms with van der Waals surface area (Å²) in [6.45, 7) is 0. The van der Waals surface area contributed by atoms with E-state index in [4.69, 9.17) is 5.73 Å². The molecule has 0 unspecified atom stereocenters. The third-order valence-electron chi connectivity index (χ3n) is 2.25. The smallest absolute Gasteiger partial charge is 0.181 e. The minimum absolute atomic E-state index is 0.156. The van der Waals surface area contributed by atoms with Crippen LogP contribution in [0.25, 0.3) is 0 Å². The molecule has 0 spiro atoms. The van der Waals surface area contributed by atoms with Crippen molar-refractivity contribution in [3.05, 3.63) is 45.1 Å². The van der Waals surface area contributed by atoms with Gasteiger partial charge in [-0.15, -0.1) is 11.3 Å². The second-order valence-electron chi connectivity index (χ2n) is 3.36. The lowest BCUT2D eigenvalue weighted by Crippen LogP contribution is -1.93. The number of halogens is 2. The monoisotopic (exact) mass is 300 g/mol. The van der Waals surface area contributed by atoms with Gasteiger partial charge in [0.15, 0.2) is 5.13 Å². The van der Waals surface area contributed by atoms with Gasteiger partial charge in [0.05, 0.1) is 0 Å². The molecule has 84 valence electrons. The Morgan fingerprint density at radius 1 is 1.31 bits per heavy atom. The first-order valence-electron chi connectivity index (χ1n) is 4.81. The van der Waals surface area contributed by atoms with Gasteiger partial charge in [-0.05, 0) is 40.4 Å². The van der Waals surface area contributed by atoms with E-state index in [1.165, 1.54) is 17.4 Å². The van der Waals surface area contributed by atoms with Crippen molar-refractivity contribution in [2.45, 2.75) is 12.8 Å². The molecule has 0 aliphatic rings. The van der Waals surface area contributed by atoms with Crippen molar-refractivity contribution in [2.24, 2.45) is 0 Å². The maximum atomic E-state index is 13.3. The highest BCUT2D eigenvalue weighted by atomic mass is 79.9. The fourth-order valence-corrected chi connectivity index (χ4v) is 2.93. The highest BCUT2D eigenvalue weighted by Gasteiger charge is 2.08. The summed E-state index contributed by atoms with van der Waals surface area (Å²) < 4.78 is 14.1. The van der Waals surface area contributed by atoms with Crippen molar-refractivity contribution < 1.29 is 4.39 Å². The van der Waals surface area contributed by atoms with Gasteiger partial charge in [-0.3, -0.25) is 0 Å². The molecule has 16 heavy (non-hydrogen) atoms. The second-order valence-corrected chi connectivity index (χ2v) is 5.22. The third-order valence-corrected chi connectivity index (χ3v) is 4.11. The van der Waals surface area contributed by atoms with E-state index < -0.39 is 0 Å². The molecule has 0 aliphatic carbocycles. The number of thiazole rings is 1. The summed E-state index contributed by atoms with van der Waals surface area (Å²) in [6.07, 6.45) is 1.41. The number of rotatable bonds is 3. The molecule has 5 heteroatoms. The summed E-state index contributed by atoms with van der Waals surface area (Å²) in [5.74, 6) is -0.156. The van der Waals surface area contributed by atoms with Gasteiger partial charge in [0.1, 0.15) is 10.4 Å². The number of nitrogens with zero attached hydrogens (tertiary/aromatic N) is 1. The van der Waals surface area contributed by atoms with Gasteiger partial charge >= 0.3 is 0 Å². The van der Waals surface area contributed by atoms with Gasteiger partial charge in [-0.2, -0.15) is 0 Å². The molecule has 0 bridgehead atoms. The van der Waals surface area contributed by atoms with Crippen molar-refractivity contribution in [3.63, 3.8) is 0 Å². The molecule has 0 saturated heterocycles. The van der Waals surface area contributed by atoms with Crippen molar-refractivity contribution in [1.29, 1.82) is 0 Å². The molecular formula is C11H10BrFN2S. The van der Waals surface area contributed by atoms with Crippen molar-refractivity contribution in [1.82, 2.24) is 4.98 Å². The molecule has 1 aromatic carbocycles. The zero-order valence-electron chi connectivity index (χ0n) is 8.41. The van der Waals surface area contributed by atoms with Crippen LogP contribution < -0.4 is 5.73 Å². The Morgan fingerprint density at radius 3 is 2.69 bits per heavy atom. The van der Waals surface area contributed by atoms with Crippen molar-refractivity contribution >= 4 is 32.4 Å².